The standard InChI is InChI=1S/C13H23NO5/c1-14(11(15)7-8-12(16)17)9-5-3-4-6-10(19-2)13(9)18/h9-10,13,18H,3-8H2,1-2H3,(H,16,17)/t9-,10-,13-/m1/s1. The van der Waals surface area contributed by atoms with Gasteiger partial charge in [0, 0.05) is 20.6 Å². The van der Waals surface area contributed by atoms with Gasteiger partial charge in [-0.15, -0.1) is 0 Å². The zero-order valence-electron chi connectivity index (χ0n) is 11.5. The van der Waals surface area contributed by atoms with Gasteiger partial charge in [-0.1, -0.05) is 12.8 Å². The van der Waals surface area contributed by atoms with Crippen LogP contribution in [0, 0.1) is 0 Å². The number of carbonyl (C=O) groups is 2. The summed E-state index contributed by atoms with van der Waals surface area (Å²) in [5.74, 6) is -1.24. The Balaban J connectivity index is 2.64. The van der Waals surface area contributed by atoms with Crippen molar-refractivity contribution in [2.24, 2.45) is 0 Å². The molecule has 1 saturated carbocycles. The van der Waals surface area contributed by atoms with E-state index in [4.69, 9.17) is 9.84 Å². The van der Waals surface area contributed by atoms with E-state index in [1.807, 2.05) is 0 Å². The molecular weight excluding hydrogens is 250 g/mol. The van der Waals surface area contributed by atoms with Crippen LogP contribution in [0.15, 0.2) is 0 Å². The van der Waals surface area contributed by atoms with Crippen LogP contribution in [-0.4, -0.2) is 59.4 Å². The molecule has 1 fully saturated rings. The van der Waals surface area contributed by atoms with Crippen LogP contribution >= 0.6 is 0 Å². The molecule has 0 aromatic carbocycles. The van der Waals surface area contributed by atoms with Crippen LogP contribution in [0.1, 0.15) is 38.5 Å². The van der Waals surface area contributed by atoms with E-state index in [0.717, 1.165) is 25.7 Å². The Morgan fingerprint density at radius 3 is 2.47 bits per heavy atom. The van der Waals surface area contributed by atoms with E-state index in [2.05, 4.69) is 0 Å². The van der Waals surface area contributed by atoms with E-state index in [-0.39, 0.29) is 30.9 Å². The Bertz CT molecular complexity index is 320. The average Bonchev–Trinajstić information content (AvgIpc) is 2.56. The predicted molar refractivity (Wildman–Crippen MR) is 68.7 cm³/mol. The normalized spacial score (nSPS) is 27.6. The molecule has 6 nitrogen and oxygen atoms in total. The molecule has 0 aliphatic heterocycles. The molecule has 0 aromatic heterocycles. The van der Waals surface area contributed by atoms with Crippen molar-refractivity contribution in [3.63, 3.8) is 0 Å². The van der Waals surface area contributed by atoms with Crippen LogP contribution in [0.25, 0.3) is 0 Å². The van der Waals surface area contributed by atoms with Gasteiger partial charge in [-0.2, -0.15) is 0 Å². The molecule has 19 heavy (non-hydrogen) atoms. The van der Waals surface area contributed by atoms with Crippen molar-refractivity contribution in [2.75, 3.05) is 14.2 Å². The van der Waals surface area contributed by atoms with Gasteiger partial charge in [0.2, 0.25) is 5.91 Å². The van der Waals surface area contributed by atoms with Gasteiger partial charge in [0.15, 0.2) is 0 Å². The zero-order valence-corrected chi connectivity index (χ0v) is 11.5. The van der Waals surface area contributed by atoms with Gasteiger partial charge in [0.25, 0.3) is 0 Å². The summed E-state index contributed by atoms with van der Waals surface area (Å²) >= 11 is 0. The summed E-state index contributed by atoms with van der Waals surface area (Å²) in [6.07, 6.45) is 2.20. The lowest BCUT2D eigenvalue weighted by atomic mass is 10.0. The number of rotatable bonds is 5. The fourth-order valence-corrected chi connectivity index (χ4v) is 2.54. The number of aliphatic hydroxyl groups excluding tert-OH is 1. The second-order valence-corrected chi connectivity index (χ2v) is 5.01. The van der Waals surface area contributed by atoms with Gasteiger partial charge in [0.1, 0.15) is 6.10 Å². The van der Waals surface area contributed by atoms with E-state index in [9.17, 15) is 14.7 Å². The van der Waals surface area contributed by atoms with Crippen LogP contribution in [0.4, 0.5) is 0 Å². The monoisotopic (exact) mass is 273 g/mol. The molecular formula is C13H23NO5. The Morgan fingerprint density at radius 1 is 1.26 bits per heavy atom. The first kappa shape index (κ1) is 15.9. The number of carboxylic acids is 1. The third-order valence-electron chi connectivity index (χ3n) is 3.76. The summed E-state index contributed by atoms with van der Waals surface area (Å²) in [5.41, 5.74) is 0. The number of hydrogen-bond acceptors (Lipinski definition) is 4. The third-order valence-corrected chi connectivity index (χ3v) is 3.76. The van der Waals surface area contributed by atoms with Crippen LogP contribution < -0.4 is 0 Å². The maximum absolute atomic E-state index is 11.9. The van der Waals surface area contributed by atoms with Crippen molar-refractivity contribution in [1.82, 2.24) is 4.90 Å². The van der Waals surface area contributed by atoms with Crippen LogP contribution in [0.2, 0.25) is 0 Å². The quantitative estimate of drug-likeness (QED) is 0.717. The minimum atomic E-state index is -0.988. The number of nitrogens with zero attached hydrogens (tertiary/aromatic N) is 1. The largest absolute Gasteiger partial charge is 0.481 e. The molecule has 0 aromatic rings. The van der Waals surface area contributed by atoms with Crippen molar-refractivity contribution in [2.45, 2.75) is 56.8 Å². The van der Waals surface area contributed by atoms with E-state index < -0.39 is 12.1 Å². The molecule has 3 atom stereocenters. The molecule has 0 spiro atoms. The lowest BCUT2D eigenvalue weighted by Gasteiger charge is -2.33. The fraction of sp³-hybridized carbons (Fsp3) is 0.846. The molecule has 1 rings (SSSR count). The first-order chi connectivity index (χ1) is 8.97. The van der Waals surface area contributed by atoms with Crippen LogP contribution in [0.5, 0.6) is 0 Å². The maximum atomic E-state index is 11.9. The Labute approximate surface area is 113 Å². The van der Waals surface area contributed by atoms with Crippen LogP contribution in [-0.2, 0) is 14.3 Å². The second kappa shape index (κ2) is 7.45. The molecule has 0 bridgehead atoms. The Hall–Kier alpha value is -1.14. The SMILES string of the molecule is CO[C@@H]1CCCC[C@@H](N(C)C(=O)CCC(=O)O)[C@H]1O. The number of carbonyl (C=O) groups excluding carboxylic acids is 1. The van der Waals surface area contributed by atoms with Crippen molar-refractivity contribution < 1.29 is 24.5 Å². The highest BCUT2D eigenvalue weighted by atomic mass is 16.5. The Kier molecular flexibility index (Phi) is 6.24. The number of likely N-dealkylation sites (N-methyl/N-ethyl adjacent to an activating group) is 1. The topological polar surface area (TPSA) is 87.1 Å². The number of aliphatic hydroxyl groups is 1. The number of ether oxygens (including phenoxy) is 1. The van der Waals surface area contributed by atoms with Crippen molar-refractivity contribution in [3.8, 4) is 0 Å². The highest BCUT2D eigenvalue weighted by molar-refractivity contribution is 5.80. The molecule has 6 heteroatoms. The van der Waals surface area contributed by atoms with Gasteiger partial charge in [-0.3, -0.25) is 9.59 Å². The maximum Gasteiger partial charge on any atom is 0.303 e. The summed E-state index contributed by atoms with van der Waals surface area (Å²) in [6.45, 7) is 0. The van der Waals surface area contributed by atoms with Gasteiger partial charge >= 0.3 is 5.97 Å². The fourth-order valence-electron chi connectivity index (χ4n) is 2.54. The van der Waals surface area contributed by atoms with Gasteiger partial charge in [-0.25, -0.2) is 0 Å². The number of methoxy groups -OCH3 is 1. The summed E-state index contributed by atoms with van der Waals surface area (Å²) < 4.78 is 5.26. The Morgan fingerprint density at radius 2 is 1.89 bits per heavy atom. The lowest BCUT2D eigenvalue weighted by molar-refractivity contribution is -0.143. The lowest BCUT2D eigenvalue weighted by Crippen LogP contribution is -2.48. The molecule has 2 N–H and O–H groups in total. The minimum Gasteiger partial charge on any atom is -0.481 e. The summed E-state index contributed by atoms with van der Waals surface area (Å²) in [7, 11) is 3.18. The molecule has 1 amide bonds. The molecule has 1 aliphatic carbocycles. The summed E-state index contributed by atoms with van der Waals surface area (Å²) in [5, 5.41) is 18.9. The van der Waals surface area contributed by atoms with Crippen LogP contribution in [0.3, 0.4) is 0 Å². The highest BCUT2D eigenvalue weighted by Crippen LogP contribution is 2.24. The number of aliphatic carboxylic acids is 1. The smallest absolute Gasteiger partial charge is 0.303 e. The second-order valence-electron chi connectivity index (χ2n) is 5.01. The van der Waals surface area contributed by atoms with Gasteiger partial charge in [-0.05, 0) is 12.8 Å². The molecule has 0 radical (unpaired) electrons. The molecule has 0 heterocycles. The predicted octanol–water partition coefficient (Wildman–Crippen LogP) is 0.628. The van der Waals surface area contributed by atoms with E-state index in [1.165, 1.54) is 4.90 Å². The van der Waals surface area contributed by atoms with Crippen molar-refractivity contribution >= 4 is 11.9 Å². The summed E-state index contributed by atoms with van der Waals surface area (Å²) in [6, 6.07) is -0.297. The number of carboxylic acid groups (broad SMARTS) is 1. The molecule has 110 valence electrons. The van der Waals surface area contributed by atoms with Gasteiger partial charge in [0.05, 0.1) is 18.6 Å². The van der Waals surface area contributed by atoms with E-state index in [1.54, 1.807) is 14.2 Å². The van der Waals surface area contributed by atoms with Crippen molar-refractivity contribution in [1.29, 1.82) is 0 Å². The van der Waals surface area contributed by atoms with E-state index in [0.29, 0.717) is 0 Å². The average molecular weight is 273 g/mol. The molecule has 0 unspecified atom stereocenters. The number of amides is 1. The van der Waals surface area contributed by atoms with E-state index >= 15 is 0 Å². The first-order valence-electron chi connectivity index (χ1n) is 6.65. The number of hydrogen-bond donors (Lipinski definition) is 2. The molecule has 1 aliphatic rings. The minimum absolute atomic E-state index is 0.0350. The van der Waals surface area contributed by atoms with Gasteiger partial charge < -0.3 is 19.8 Å². The molecule has 0 saturated heterocycles. The van der Waals surface area contributed by atoms with Crippen molar-refractivity contribution in [3.05, 3.63) is 0 Å². The zero-order chi connectivity index (χ0) is 14.4. The highest BCUT2D eigenvalue weighted by Gasteiger charge is 2.34. The first-order valence-corrected chi connectivity index (χ1v) is 6.65. The third kappa shape index (κ3) is 4.47. The summed E-state index contributed by atoms with van der Waals surface area (Å²) in [4.78, 5) is 23.9.